The van der Waals surface area contributed by atoms with Crippen molar-refractivity contribution in [2.75, 3.05) is 19.7 Å². The Labute approximate surface area is 293 Å². The molecule has 3 N–H and O–H groups in total. The Balaban J connectivity index is 1.22. The van der Waals surface area contributed by atoms with Crippen molar-refractivity contribution >= 4 is 39.2 Å². The van der Waals surface area contributed by atoms with Gasteiger partial charge in [0, 0.05) is 61.8 Å². The van der Waals surface area contributed by atoms with E-state index in [0.29, 0.717) is 53.9 Å². The number of benzene rings is 3. The molecule has 49 heavy (non-hydrogen) atoms. The minimum Gasteiger partial charge on any atom is -0.492 e. The van der Waals surface area contributed by atoms with E-state index in [-0.39, 0.29) is 54.9 Å². The maximum absolute atomic E-state index is 14.8. The van der Waals surface area contributed by atoms with Gasteiger partial charge >= 0.3 is 0 Å². The fourth-order valence-corrected chi connectivity index (χ4v) is 7.14. The van der Waals surface area contributed by atoms with Gasteiger partial charge in [-0.1, -0.05) is 42.5 Å². The predicted molar refractivity (Wildman–Crippen MR) is 186 cm³/mol. The molecule has 2 fully saturated rings. The number of hydrogen-bond donors (Lipinski definition) is 2. The number of nitrogens with two attached hydrogens (primary N) is 1. The van der Waals surface area contributed by atoms with Crippen LogP contribution in [-0.4, -0.2) is 65.3 Å². The number of carbonyl (C=O) groups is 3. The van der Waals surface area contributed by atoms with Crippen LogP contribution in [0.1, 0.15) is 61.6 Å². The van der Waals surface area contributed by atoms with Gasteiger partial charge in [-0.05, 0) is 89.4 Å². The summed E-state index contributed by atoms with van der Waals surface area (Å²) < 4.78 is 34.9. The molecular formula is C38H41BrF2N4O4. The molecular weight excluding hydrogens is 694 g/mol. The number of halogens is 3. The fraction of sp³-hybridized carbons (Fsp3) is 0.395. The SMILES string of the molecule is NC(=O)CCCC(=O)N1C[C@H]2CC(c3ccc(CCCOc4cc(F)ccc4Br)cc3)=C(C(=O)N(Cc3ccccc3F)C3CC3)[C@@H](C1)N2. The summed E-state index contributed by atoms with van der Waals surface area (Å²) in [7, 11) is 0. The van der Waals surface area contributed by atoms with Gasteiger partial charge in [-0.15, -0.1) is 0 Å². The van der Waals surface area contributed by atoms with Gasteiger partial charge in [0.2, 0.25) is 11.8 Å². The zero-order valence-electron chi connectivity index (χ0n) is 27.3. The highest BCUT2D eigenvalue weighted by Crippen LogP contribution is 2.38. The largest absolute Gasteiger partial charge is 0.492 e. The monoisotopic (exact) mass is 734 g/mol. The molecule has 2 bridgehead atoms. The molecule has 1 saturated heterocycles. The lowest BCUT2D eigenvalue weighted by Crippen LogP contribution is -2.62. The fourth-order valence-electron chi connectivity index (χ4n) is 6.78. The van der Waals surface area contributed by atoms with E-state index >= 15 is 0 Å². The Morgan fingerprint density at radius 2 is 1.76 bits per heavy atom. The molecule has 2 heterocycles. The standard InChI is InChI=1S/C38H41BrF2N4O4/c39-31-17-14-27(40)19-34(31)49-18-4-5-24-10-12-25(13-11-24)30-20-28-22-44(36(47)9-3-8-35(42)46)23-33(43-28)37(30)38(48)45(29-15-16-29)21-26-6-1-2-7-32(26)41/h1-2,6-7,10-14,17,19,28-29,33,43H,3-5,8-9,15-16,18,20-23H2,(H2,42,46)/t28-,33-/m1/s1. The second-order valence-corrected chi connectivity index (χ2v) is 14.0. The number of aryl methyl sites for hydroxylation is 1. The Kier molecular flexibility index (Phi) is 11.1. The third kappa shape index (κ3) is 8.75. The summed E-state index contributed by atoms with van der Waals surface area (Å²) in [5.74, 6) is -0.850. The molecule has 258 valence electrons. The van der Waals surface area contributed by atoms with Gasteiger partial charge in [0.25, 0.3) is 5.91 Å². The van der Waals surface area contributed by atoms with Crippen LogP contribution in [-0.2, 0) is 27.3 Å². The van der Waals surface area contributed by atoms with E-state index in [2.05, 4.69) is 33.4 Å². The minimum atomic E-state index is -0.433. The van der Waals surface area contributed by atoms with Crippen molar-refractivity contribution in [1.82, 2.24) is 15.1 Å². The lowest BCUT2D eigenvalue weighted by Gasteiger charge is -2.45. The van der Waals surface area contributed by atoms with Gasteiger partial charge < -0.3 is 25.6 Å². The van der Waals surface area contributed by atoms with Crippen LogP contribution >= 0.6 is 15.9 Å². The van der Waals surface area contributed by atoms with E-state index in [1.165, 1.54) is 18.2 Å². The van der Waals surface area contributed by atoms with Crippen LogP contribution in [0.4, 0.5) is 8.78 Å². The quantitative estimate of drug-likeness (QED) is 0.201. The van der Waals surface area contributed by atoms with Crippen LogP contribution in [0.3, 0.4) is 0 Å². The van der Waals surface area contributed by atoms with E-state index in [1.807, 2.05) is 12.1 Å². The van der Waals surface area contributed by atoms with Gasteiger partial charge in [-0.3, -0.25) is 14.4 Å². The number of hydrogen-bond acceptors (Lipinski definition) is 5. The minimum absolute atomic E-state index is 0.0336. The second-order valence-electron chi connectivity index (χ2n) is 13.1. The summed E-state index contributed by atoms with van der Waals surface area (Å²) in [6, 6.07) is 18.7. The lowest BCUT2D eigenvalue weighted by molar-refractivity contribution is -0.134. The molecule has 1 saturated carbocycles. The molecule has 0 radical (unpaired) electrons. The average Bonchev–Trinajstić information content (AvgIpc) is 3.93. The summed E-state index contributed by atoms with van der Waals surface area (Å²) in [4.78, 5) is 42.6. The number of piperazine rings is 1. The van der Waals surface area contributed by atoms with E-state index in [1.54, 1.807) is 34.1 Å². The number of amides is 3. The van der Waals surface area contributed by atoms with Crippen LogP contribution in [0.2, 0.25) is 0 Å². The average molecular weight is 736 g/mol. The number of rotatable bonds is 14. The van der Waals surface area contributed by atoms with Crippen molar-refractivity contribution < 1.29 is 27.9 Å². The number of nitrogens with one attached hydrogen (secondary N) is 1. The second kappa shape index (κ2) is 15.6. The molecule has 11 heteroatoms. The lowest BCUT2D eigenvalue weighted by atomic mass is 9.82. The van der Waals surface area contributed by atoms with Crippen molar-refractivity contribution in [3.63, 3.8) is 0 Å². The van der Waals surface area contributed by atoms with E-state index in [0.717, 1.165) is 42.4 Å². The highest BCUT2D eigenvalue weighted by Gasteiger charge is 2.43. The predicted octanol–water partition coefficient (Wildman–Crippen LogP) is 5.91. The molecule has 6 rings (SSSR count). The highest BCUT2D eigenvalue weighted by atomic mass is 79.9. The first kappa shape index (κ1) is 34.8. The number of fused-ring (bicyclic) bond motifs is 2. The smallest absolute Gasteiger partial charge is 0.252 e. The van der Waals surface area contributed by atoms with E-state index in [9.17, 15) is 23.2 Å². The normalized spacial score (nSPS) is 18.7. The summed E-state index contributed by atoms with van der Waals surface area (Å²) in [5.41, 5.74) is 9.39. The first-order valence-corrected chi connectivity index (χ1v) is 17.7. The third-order valence-electron chi connectivity index (χ3n) is 9.41. The topological polar surface area (TPSA) is 105 Å². The molecule has 3 aromatic carbocycles. The Hall–Kier alpha value is -4.09. The molecule has 8 nitrogen and oxygen atoms in total. The molecule has 3 aliphatic rings. The van der Waals surface area contributed by atoms with Gasteiger partial charge in [0.15, 0.2) is 0 Å². The van der Waals surface area contributed by atoms with Crippen molar-refractivity contribution in [1.29, 1.82) is 0 Å². The van der Waals surface area contributed by atoms with Crippen LogP contribution < -0.4 is 15.8 Å². The Morgan fingerprint density at radius 1 is 0.980 bits per heavy atom. The number of primary amides is 1. The van der Waals surface area contributed by atoms with E-state index < -0.39 is 11.9 Å². The first-order valence-electron chi connectivity index (χ1n) is 16.9. The molecule has 3 amide bonds. The zero-order valence-corrected chi connectivity index (χ0v) is 28.9. The molecule has 0 aromatic heterocycles. The zero-order chi connectivity index (χ0) is 34.5. The van der Waals surface area contributed by atoms with Crippen molar-refractivity contribution in [2.45, 2.75) is 76.0 Å². The number of ether oxygens (including phenoxy) is 1. The van der Waals surface area contributed by atoms with Crippen LogP contribution in [0.15, 0.2) is 76.8 Å². The molecule has 0 spiro atoms. The summed E-state index contributed by atoms with van der Waals surface area (Å²) >= 11 is 3.39. The molecule has 2 atom stereocenters. The first-order chi connectivity index (χ1) is 23.7. The van der Waals surface area contributed by atoms with Gasteiger partial charge in [0.05, 0.1) is 17.1 Å². The van der Waals surface area contributed by atoms with Gasteiger partial charge in [-0.25, -0.2) is 8.78 Å². The van der Waals surface area contributed by atoms with Crippen molar-refractivity contribution in [3.05, 3.63) is 105 Å². The molecule has 1 aliphatic carbocycles. The molecule has 2 aliphatic heterocycles. The van der Waals surface area contributed by atoms with Crippen LogP contribution in [0, 0.1) is 11.6 Å². The number of carbonyl (C=O) groups excluding carboxylic acids is 3. The van der Waals surface area contributed by atoms with Crippen LogP contribution in [0.25, 0.3) is 5.57 Å². The third-order valence-corrected chi connectivity index (χ3v) is 10.1. The van der Waals surface area contributed by atoms with Crippen molar-refractivity contribution in [3.8, 4) is 5.75 Å². The van der Waals surface area contributed by atoms with Crippen molar-refractivity contribution in [2.24, 2.45) is 5.73 Å². The highest BCUT2D eigenvalue weighted by molar-refractivity contribution is 9.10. The van der Waals surface area contributed by atoms with Gasteiger partial charge in [0.1, 0.15) is 17.4 Å². The summed E-state index contributed by atoms with van der Waals surface area (Å²) in [5, 5.41) is 3.61. The summed E-state index contributed by atoms with van der Waals surface area (Å²) in [6.07, 6.45) is 4.53. The maximum atomic E-state index is 14.8. The number of nitrogens with zero attached hydrogens (tertiary/aromatic N) is 2. The molecule has 0 unspecified atom stereocenters. The van der Waals surface area contributed by atoms with Crippen LogP contribution in [0.5, 0.6) is 5.75 Å². The Bertz CT molecular complexity index is 1730. The van der Waals surface area contributed by atoms with Gasteiger partial charge in [-0.2, -0.15) is 0 Å². The maximum Gasteiger partial charge on any atom is 0.252 e. The molecule has 3 aromatic rings. The van der Waals surface area contributed by atoms with E-state index in [4.69, 9.17) is 10.5 Å². The Morgan fingerprint density at radius 3 is 2.49 bits per heavy atom. The summed E-state index contributed by atoms with van der Waals surface area (Å²) in [6.45, 7) is 1.43.